The zero-order valence-electron chi connectivity index (χ0n) is 39.7. The summed E-state index contributed by atoms with van der Waals surface area (Å²) in [4.78, 5) is 28.0. The van der Waals surface area contributed by atoms with E-state index in [0.717, 1.165) is 36.3 Å². The molecule has 0 fully saturated rings. The fourth-order valence-corrected chi connectivity index (χ4v) is 9.22. The van der Waals surface area contributed by atoms with Gasteiger partial charge in [0.1, 0.15) is 29.3 Å². The highest BCUT2D eigenvalue weighted by Crippen LogP contribution is 2.61. The molecule has 2 atom stereocenters. The second kappa shape index (κ2) is 23.0. The number of phosphoric ester groups is 1. The normalized spacial score (nSPS) is 16.4. The predicted octanol–water partition coefficient (Wildman–Crippen LogP) is 14.1. The summed E-state index contributed by atoms with van der Waals surface area (Å²) < 4.78 is 201. The van der Waals surface area contributed by atoms with Gasteiger partial charge in [-0.05, 0) is 97.7 Å². The summed E-state index contributed by atoms with van der Waals surface area (Å²) in [6.07, 6.45) is -19.5. The quantitative estimate of drug-likeness (QED) is 0.0298. The van der Waals surface area contributed by atoms with Crippen LogP contribution in [0.3, 0.4) is 0 Å². The number of hydrogen-bond acceptors (Lipinski definition) is 10. The lowest BCUT2D eigenvalue weighted by atomic mass is 9.60. The minimum Gasteiger partial charge on any atom is -0.496 e. The number of rotatable bonds is 20. The topological polar surface area (TPSA) is 130 Å². The molecule has 0 heterocycles. The molecule has 4 aromatic rings. The minimum atomic E-state index is -5.57. The lowest BCUT2D eigenvalue weighted by Crippen LogP contribution is -2.52. The van der Waals surface area contributed by atoms with Crippen LogP contribution in [0.2, 0.25) is 0 Å². The molecule has 0 bridgehead atoms. The summed E-state index contributed by atoms with van der Waals surface area (Å²) in [6.45, 7) is 2.83. The third kappa shape index (κ3) is 14.7. The zero-order chi connectivity index (χ0) is 53.5. The fraction of sp³-hybridized carbons (Fsp3) is 0.400. The van der Waals surface area contributed by atoms with E-state index >= 15 is 22.4 Å². The first-order valence-electron chi connectivity index (χ1n) is 22.1. The van der Waals surface area contributed by atoms with E-state index in [2.05, 4.69) is 4.74 Å². The van der Waals surface area contributed by atoms with Crippen LogP contribution < -0.4 is 4.74 Å². The van der Waals surface area contributed by atoms with Gasteiger partial charge in [-0.1, -0.05) is 80.6 Å². The smallest absolute Gasteiger partial charge is 0.496 e. The molecule has 1 aliphatic rings. The van der Waals surface area contributed by atoms with Crippen LogP contribution in [0, 0.1) is 17.2 Å². The molecule has 1 aliphatic carbocycles. The molecule has 0 aromatic heterocycles. The molecule has 0 spiro atoms. The molecular formula is C50H52F10NO10P. The van der Waals surface area contributed by atoms with Gasteiger partial charge in [0, 0.05) is 23.7 Å². The summed E-state index contributed by atoms with van der Waals surface area (Å²) >= 11 is 0. The number of ether oxygens (including phenoxy) is 3. The molecule has 0 amide bonds. The number of alkyl halides is 9. The Morgan fingerprint density at radius 3 is 1.76 bits per heavy atom. The van der Waals surface area contributed by atoms with Gasteiger partial charge in [0.15, 0.2) is 0 Å². The van der Waals surface area contributed by atoms with E-state index in [1.165, 1.54) is 34.6 Å². The Balaban J connectivity index is 1.95. The molecule has 0 unspecified atom stereocenters. The number of carbonyl (C=O) groups excluding carboxylic acids is 1. The van der Waals surface area contributed by atoms with Crippen LogP contribution >= 0.6 is 7.82 Å². The first kappa shape index (κ1) is 57.2. The summed E-state index contributed by atoms with van der Waals surface area (Å²) in [5, 5.41) is 9.36. The molecule has 0 saturated carbocycles. The molecular weight excluding hydrogens is 996 g/mol. The van der Waals surface area contributed by atoms with E-state index in [4.69, 9.17) is 23.0 Å². The Labute approximate surface area is 408 Å². The first-order chi connectivity index (χ1) is 33.5. The number of carboxylic acid groups (broad SMARTS) is 1. The van der Waals surface area contributed by atoms with Crippen molar-refractivity contribution in [1.82, 2.24) is 4.90 Å². The largest absolute Gasteiger partial charge is 0.505 e. The molecule has 5 rings (SSSR count). The number of allylic oxidation sites excluding steroid dienone is 3. The highest BCUT2D eigenvalue weighted by Gasteiger charge is 2.60. The lowest BCUT2D eigenvalue weighted by molar-refractivity contribution is -0.170. The number of halogens is 10. The molecule has 22 heteroatoms. The van der Waals surface area contributed by atoms with Crippen LogP contribution in [-0.4, -0.2) is 60.9 Å². The van der Waals surface area contributed by atoms with E-state index in [1.807, 2.05) is 0 Å². The summed E-state index contributed by atoms with van der Waals surface area (Å²) in [5.74, 6) is -4.06. The highest BCUT2D eigenvalue weighted by atomic mass is 31.2. The fourth-order valence-electron chi connectivity index (χ4n) is 8.09. The van der Waals surface area contributed by atoms with E-state index in [-0.39, 0.29) is 23.8 Å². The maximum Gasteiger partial charge on any atom is 0.505 e. The van der Waals surface area contributed by atoms with Gasteiger partial charge in [0.05, 0.1) is 44.1 Å². The van der Waals surface area contributed by atoms with Gasteiger partial charge in [-0.3, -0.25) is 23.3 Å². The Hall–Kier alpha value is -5.73. The van der Waals surface area contributed by atoms with Crippen LogP contribution in [0.15, 0.2) is 114 Å². The third-order valence-electron chi connectivity index (χ3n) is 11.2. The van der Waals surface area contributed by atoms with Crippen LogP contribution in [0.1, 0.15) is 86.9 Å². The Morgan fingerprint density at radius 1 is 0.764 bits per heavy atom. The standard InChI is InChI=1S/C50H52F10NO10P/c1-31(2)39-26-40(38-19-18-37(51)25-42(38)66-6)47(27-41(39)50(58,59)60,44(62)71-46(3,4)5)43(34-22-35(48(52,53)54)24-36(23-34)49(55,56)57)61(20-13-21-67-45(63)64)30-70-72(65,68-28-32-14-9-7-10-15-32)69-29-33-16-11-8-12-17-33/h7-12,14-19,22-26,31,43H,13,20-21,27-30H2,1-6H3,(H,63,64)/t43-,47+/m1/s1. The molecule has 11 nitrogen and oxygen atoms in total. The Kier molecular flexibility index (Phi) is 18.3. The van der Waals surface area contributed by atoms with Crippen molar-refractivity contribution in [3.63, 3.8) is 0 Å². The number of carbonyl (C=O) groups is 2. The van der Waals surface area contributed by atoms with Gasteiger partial charge in [-0.25, -0.2) is 13.8 Å². The van der Waals surface area contributed by atoms with Crippen LogP contribution in [0.4, 0.5) is 48.7 Å². The lowest BCUT2D eigenvalue weighted by Gasteiger charge is -2.49. The van der Waals surface area contributed by atoms with Crippen molar-refractivity contribution in [2.45, 2.75) is 90.8 Å². The van der Waals surface area contributed by atoms with E-state index in [1.54, 1.807) is 60.7 Å². The van der Waals surface area contributed by atoms with Crippen molar-refractivity contribution in [3.05, 3.63) is 153 Å². The molecule has 4 aromatic carbocycles. The summed E-state index contributed by atoms with van der Waals surface area (Å²) in [7, 11) is -4.00. The molecule has 0 saturated heterocycles. The second-order valence-corrected chi connectivity index (χ2v) is 19.6. The minimum absolute atomic E-state index is 0.207. The van der Waals surface area contributed by atoms with E-state index < -0.39 is 152 Å². The van der Waals surface area contributed by atoms with E-state index in [9.17, 15) is 40.8 Å². The third-order valence-corrected chi connectivity index (χ3v) is 12.5. The molecule has 0 radical (unpaired) electrons. The van der Waals surface area contributed by atoms with Gasteiger partial charge < -0.3 is 19.3 Å². The number of benzene rings is 4. The van der Waals surface area contributed by atoms with Gasteiger partial charge in [0.2, 0.25) is 0 Å². The Morgan fingerprint density at radius 2 is 1.31 bits per heavy atom. The van der Waals surface area contributed by atoms with Crippen molar-refractivity contribution in [2.24, 2.45) is 11.3 Å². The first-order valence-corrected chi connectivity index (χ1v) is 23.5. The van der Waals surface area contributed by atoms with Gasteiger partial charge in [-0.15, -0.1) is 0 Å². The zero-order valence-corrected chi connectivity index (χ0v) is 40.6. The summed E-state index contributed by atoms with van der Waals surface area (Å²) in [6, 6.07) is 16.3. The van der Waals surface area contributed by atoms with Gasteiger partial charge in [0.25, 0.3) is 0 Å². The van der Waals surface area contributed by atoms with Crippen LogP contribution in [-0.2, 0) is 58.0 Å². The molecule has 72 heavy (non-hydrogen) atoms. The maximum absolute atomic E-state index is 15.8. The molecule has 0 aliphatic heterocycles. The molecule has 1 N–H and O–H groups in total. The average Bonchev–Trinajstić information content (AvgIpc) is 3.29. The van der Waals surface area contributed by atoms with Crippen molar-refractivity contribution in [2.75, 3.05) is 27.0 Å². The van der Waals surface area contributed by atoms with Crippen molar-refractivity contribution < 1.29 is 90.9 Å². The number of phosphoric acid groups is 1. The van der Waals surface area contributed by atoms with Gasteiger partial charge >= 0.3 is 38.5 Å². The number of methoxy groups -OCH3 is 1. The summed E-state index contributed by atoms with van der Waals surface area (Å²) in [5.41, 5.74) is -11.8. The van der Waals surface area contributed by atoms with Crippen LogP contribution in [0.25, 0.3) is 5.57 Å². The Bertz CT molecular complexity index is 2550. The number of hydrogen-bond donors (Lipinski definition) is 1. The monoisotopic (exact) mass is 1050 g/mol. The number of nitrogens with zero attached hydrogens (tertiary/aromatic N) is 1. The van der Waals surface area contributed by atoms with Crippen molar-refractivity contribution in [3.8, 4) is 5.75 Å². The maximum atomic E-state index is 15.8. The van der Waals surface area contributed by atoms with Crippen molar-refractivity contribution >= 4 is 25.5 Å². The van der Waals surface area contributed by atoms with Crippen molar-refractivity contribution in [1.29, 1.82) is 0 Å². The number of esters is 1. The molecule has 392 valence electrons. The highest BCUT2D eigenvalue weighted by molar-refractivity contribution is 7.48. The van der Waals surface area contributed by atoms with Gasteiger partial charge in [-0.2, -0.15) is 39.5 Å². The predicted molar refractivity (Wildman–Crippen MR) is 242 cm³/mol. The van der Waals surface area contributed by atoms with Crippen LogP contribution in [0.5, 0.6) is 5.75 Å². The SMILES string of the molecule is COc1cc(F)ccc1C1=CC(C(C)C)=C(C(F)(F)F)C[C@@]1(C(=O)OC(C)(C)C)[C@@H](c1cc(C(F)(F)F)cc(C(F)(F)F)c1)N(CCCOC(=O)O)COP(=O)(OCc1ccccc1)OCc1ccccc1. The van der Waals surface area contributed by atoms with E-state index in [0.29, 0.717) is 11.1 Å². The second-order valence-electron chi connectivity index (χ2n) is 17.9. The average molecular weight is 1050 g/mol.